The van der Waals surface area contributed by atoms with Gasteiger partial charge in [0.05, 0.1) is 0 Å². The third kappa shape index (κ3) is 3.76. The standard InChI is InChI=1S/C14H19FO/c1-10-7-11(9-12(15)8-10)5-6-13(16)14(2,3)4/h7-9H,5-6H2,1-4H3. The van der Waals surface area contributed by atoms with E-state index in [-0.39, 0.29) is 17.0 Å². The molecule has 0 aliphatic heterocycles. The first-order valence-electron chi connectivity index (χ1n) is 5.58. The Labute approximate surface area is 96.7 Å². The number of halogens is 1. The lowest BCUT2D eigenvalue weighted by atomic mass is 9.87. The molecule has 0 saturated carbocycles. The molecule has 0 fully saturated rings. The predicted octanol–water partition coefficient (Wildman–Crippen LogP) is 3.68. The number of hydrogen-bond donors (Lipinski definition) is 0. The van der Waals surface area contributed by atoms with Crippen molar-refractivity contribution in [2.75, 3.05) is 0 Å². The first-order valence-corrected chi connectivity index (χ1v) is 5.58. The first-order chi connectivity index (χ1) is 7.29. The SMILES string of the molecule is Cc1cc(F)cc(CCC(=O)C(C)(C)C)c1. The number of rotatable bonds is 3. The third-order valence-corrected chi connectivity index (χ3v) is 2.58. The number of benzene rings is 1. The molecule has 0 unspecified atom stereocenters. The lowest BCUT2D eigenvalue weighted by Crippen LogP contribution is -2.20. The molecule has 0 amide bonds. The van der Waals surface area contributed by atoms with Crippen LogP contribution in [0.5, 0.6) is 0 Å². The van der Waals surface area contributed by atoms with Crippen LogP contribution in [0.1, 0.15) is 38.3 Å². The molecule has 0 atom stereocenters. The van der Waals surface area contributed by atoms with Gasteiger partial charge in [-0.1, -0.05) is 26.8 Å². The van der Waals surface area contributed by atoms with Gasteiger partial charge in [-0.2, -0.15) is 0 Å². The van der Waals surface area contributed by atoms with Crippen LogP contribution in [0.25, 0.3) is 0 Å². The Morgan fingerprint density at radius 2 is 1.88 bits per heavy atom. The summed E-state index contributed by atoms with van der Waals surface area (Å²) < 4.78 is 13.1. The van der Waals surface area contributed by atoms with Crippen molar-refractivity contribution >= 4 is 5.78 Å². The molecule has 1 rings (SSSR count). The highest BCUT2D eigenvalue weighted by Crippen LogP contribution is 2.19. The van der Waals surface area contributed by atoms with E-state index < -0.39 is 0 Å². The number of carbonyl (C=O) groups excluding carboxylic acids is 1. The fraction of sp³-hybridized carbons (Fsp3) is 0.500. The summed E-state index contributed by atoms with van der Waals surface area (Å²) in [6, 6.07) is 4.93. The smallest absolute Gasteiger partial charge is 0.138 e. The minimum Gasteiger partial charge on any atom is -0.299 e. The van der Waals surface area contributed by atoms with Gasteiger partial charge in [0.1, 0.15) is 11.6 Å². The molecule has 0 aliphatic rings. The quantitative estimate of drug-likeness (QED) is 0.762. The molecule has 16 heavy (non-hydrogen) atoms. The van der Waals surface area contributed by atoms with Gasteiger partial charge in [-0.15, -0.1) is 0 Å². The molecule has 0 heterocycles. The second-order valence-electron chi connectivity index (χ2n) is 5.31. The summed E-state index contributed by atoms with van der Waals surface area (Å²) in [5.41, 5.74) is 1.50. The van der Waals surface area contributed by atoms with E-state index in [4.69, 9.17) is 0 Å². The zero-order valence-electron chi connectivity index (χ0n) is 10.4. The number of aryl methyl sites for hydroxylation is 2. The monoisotopic (exact) mass is 222 g/mol. The fourth-order valence-electron chi connectivity index (χ4n) is 1.59. The number of hydrogen-bond acceptors (Lipinski definition) is 1. The molecule has 0 radical (unpaired) electrons. The third-order valence-electron chi connectivity index (χ3n) is 2.58. The van der Waals surface area contributed by atoms with E-state index in [1.807, 2.05) is 33.8 Å². The van der Waals surface area contributed by atoms with Gasteiger partial charge < -0.3 is 0 Å². The summed E-state index contributed by atoms with van der Waals surface area (Å²) in [7, 11) is 0. The van der Waals surface area contributed by atoms with Gasteiger partial charge in [0.15, 0.2) is 0 Å². The summed E-state index contributed by atoms with van der Waals surface area (Å²) in [6.07, 6.45) is 1.10. The van der Waals surface area contributed by atoms with Crippen molar-refractivity contribution < 1.29 is 9.18 Å². The molecule has 1 aromatic rings. The minimum absolute atomic E-state index is 0.217. The van der Waals surface area contributed by atoms with Crippen molar-refractivity contribution in [3.8, 4) is 0 Å². The Morgan fingerprint density at radius 3 is 2.38 bits per heavy atom. The van der Waals surface area contributed by atoms with Gasteiger partial charge in [-0.25, -0.2) is 4.39 Å². The highest BCUT2D eigenvalue weighted by molar-refractivity contribution is 5.83. The molecule has 0 saturated heterocycles. The molecule has 2 heteroatoms. The molecule has 88 valence electrons. The van der Waals surface area contributed by atoms with Crippen LogP contribution in [0, 0.1) is 18.2 Å². The van der Waals surface area contributed by atoms with Crippen molar-refractivity contribution in [1.29, 1.82) is 0 Å². The van der Waals surface area contributed by atoms with E-state index in [1.54, 1.807) is 0 Å². The van der Waals surface area contributed by atoms with Gasteiger partial charge in [0, 0.05) is 11.8 Å². The Morgan fingerprint density at radius 1 is 1.25 bits per heavy atom. The van der Waals surface area contributed by atoms with E-state index in [0.29, 0.717) is 12.8 Å². The molecule has 0 aromatic heterocycles. The topological polar surface area (TPSA) is 17.1 Å². The van der Waals surface area contributed by atoms with Gasteiger partial charge >= 0.3 is 0 Å². The summed E-state index contributed by atoms with van der Waals surface area (Å²) in [5, 5.41) is 0. The van der Waals surface area contributed by atoms with E-state index in [2.05, 4.69) is 0 Å². The number of Topliss-reactive ketones (excluding diaryl/α,β-unsaturated/α-hetero) is 1. The van der Waals surface area contributed by atoms with Gasteiger partial charge in [-0.05, 0) is 36.6 Å². The second-order valence-corrected chi connectivity index (χ2v) is 5.31. The first kappa shape index (κ1) is 12.9. The second kappa shape index (κ2) is 4.77. The maximum atomic E-state index is 13.1. The Balaban J connectivity index is 2.65. The van der Waals surface area contributed by atoms with E-state index in [9.17, 15) is 9.18 Å². The fourth-order valence-corrected chi connectivity index (χ4v) is 1.59. The van der Waals surface area contributed by atoms with Crippen LogP contribution >= 0.6 is 0 Å². The van der Waals surface area contributed by atoms with Crippen molar-refractivity contribution in [3.63, 3.8) is 0 Å². The molecule has 1 nitrogen and oxygen atoms in total. The molecular formula is C14H19FO. The molecule has 0 spiro atoms. The van der Waals surface area contributed by atoms with E-state index in [1.165, 1.54) is 12.1 Å². The zero-order valence-corrected chi connectivity index (χ0v) is 10.4. The van der Waals surface area contributed by atoms with Crippen LogP contribution < -0.4 is 0 Å². The molecule has 0 aliphatic carbocycles. The Hall–Kier alpha value is -1.18. The lowest BCUT2D eigenvalue weighted by molar-refractivity contribution is -0.126. The zero-order chi connectivity index (χ0) is 12.3. The average molecular weight is 222 g/mol. The normalized spacial score (nSPS) is 11.6. The summed E-state index contributed by atoms with van der Waals surface area (Å²) in [4.78, 5) is 11.7. The van der Waals surface area contributed by atoms with Gasteiger partial charge in [0.2, 0.25) is 0 Å². The largest absolute Gasteiger partial charge is 0.299 e. The molecule has 0 bridgehead atoms. The highest BCUT2D eigenvalue weighted by atomic mass is 19.1. The van der Waals surface area contributed by atoms with Crippen LogP contribution in [-0.2, 0) is 11.2 Å². The van der Waals surface area contributed by atoms with Crippen molar-refractivity contribution in [1.82, 2.24) is 0 Å². The van der Waals surface area contributed by atoms with Crippen LogP contribution in [0.3, 0.4) is 0 Å². The number of carbonyl (C=O) groups is 1. The van der Waals surface area contributed by atoms with E-state index >= 15 is 0 Å². The van der Waals surface area contributed by atoms with Crippen LogP contribution in [0.4, 0.5) is 4.39 Å². The predicted molar refractivity (Wildman–Crippen MR) is 63.9 cm³/mol. The van der Waals surface area contributed by atoms with Crippen LogP contribution in [0.15, 0.2) is 18.2 Å². The lowest BCUT2D eigenvalue weighted by Gasteiger charge is -2.16. The Bertz CT molecular complexity index is 368. The molecule has 0 N–H and O–H groups in total. The summed E-state index contributed by atoms with van der Waals surface area (Å²) in [6.45, 7) is 7.59. The number of ketones is 1. The maximum Gasteiger partial charge on any atom is 0.138 e. The Kier molecular flexibility index (Phi) is 3.84. The molecule has 1 aromatic carbocycles. The summed E-state index contributed by atoms with van der Waals surface area (Å²) in [5.74, 6) is -0.00683. The van der Waals surface area contributed by atoms with Crippen molar-refractivity contribution in [2.24, 2.45) is 5.41 Å². The van der Waals surface area contributed by atoms with Crippen molar-refractivity contribution in [2.45, 2.75) is 40.5 Å². The highest BCUT2D eigenvalue weighted by Gasteiger charge is 2.20. The van der Waals surface area contributed by atoms with Crippen LogP contribution in [-0.4, -0.2) is 5.78 Å². The van der Waals surface area contributed by atoms with Gasteiger partial charge in [0.25, 0.3) is 0 Å². The van der Waals surface area contributed by atoms with Crippen LogP contribution in [0.2, 0.25) is 0 Å². The average Bonchev–Trinajstić information content (AvgIpc) is 2.11. The van der Waals surface area contributed by atoms with E-state index in [0.717, 1.165) is 11.1 Å². The minimum atomic E-state index is -0.303. The van der Waals surface area contributed by atoms with Crippen molar-refractivity contribution in [3.05, 3.63) is 35.1 Å². The maximum absolute atomic E-state index is 13.1. The van der Waals surface area contributed by atoms with Gasteiger partial charge in [-0.3, -0.25) is 4.79 Å². The summed E-state index contributed by atoms with van der Waals surface area (Å²) >= 11 is 0. The molecular weight excluding hydrogens is 203 g/mol.